The van der Waals surface area contributed by atoms with E-state index in [0.29, 0.717) is 16.8 Å². The lowest BCUT2D eigenvalue weighted by Crippen LogP contribution is -2.43. The molecule has 0 unspecified atom stereocenters. The topological polar surface area (TPSA) is 79.5 Å². The second kappa shape index (κ2) is 10.4. The van der Waals surface area contributed by atoms with Crippen LogP contribution in [0.1, 0.15) is 71.8 Å². The largest absolute Gasteiger partial charge is 0.461 e. The van der Waals surface area contributed by atoms with E-state index in [4.69, 9.17) is 4.74 Å². The van der Waals surface area contributed by atoms with Crippen LogP contribution in [0, 0.1) is 25.6 Å². The lowest BCUT2D eigenvalue weighted by atomic mass is 9.98. The monoisotopic (exact) mass is 430 g/mol. The number of halogens is 1. The molecule has 2 rings (SSSR count). The van der Waals surface area contributed by atoms with Gasteiger partial charge < -0.3 is 14.6 Å². The van der Waals surface area contributed by atoms with Gasteiger partial charge in [-0.15, -0.1) is 0 Å². The van der Waals surface area contributed by atoms with Crippen molar-refractivity contribution in [3.63, 3.8) is 0 Å². The predicted octanol–water partition coefficient (Wildman–Crippen LogP) is 4.59. The average molecular weight is 431 g/mol. The van der Waals surface area contributed by atoms with Gasteiger partial charge in [-0.05, 0) is 56.9 Å². The molecule has 6 nitrogen and oxygen atoms in total. The lowest BCUT2D eigenvalue weighted by molar-refractivity contribution is -0.133. The van der Waals surface area contributed by atoms with Gasteiger partial charge in [-0.25, -0.2) is 9.18 Å². The number of rotatable bonds is 9. The van der Waals surface area contributed by atoms with Crippen LogP contribution in [0.3, 0.4) is 0 Å². The van der Waals surface area contributed by atoms with Crippen molar-refractivity contribution in [1.29, 1.82) is 0 Å². The third-order valence-electron chi connectivity index (χ3n) is 5.18. The summed E-state index contributed by atoms with van der Waals surface area (Å²) in [4.78, 5) is 43.1. The van der Waals surface area contributed by atoms with E-state index < -0.39 is 12.0 Å². The third kappa shape index (κ3) is 5.81. The van der Waals surface area contributed by atoms with Crippen molar-refractivity contribution in [3.05, 3.63) is 58.2 Å². The summed E-state index contributed by atoms with van der Waals surface area (Å²) in [6.45, 7) is 11.1. The Balaban J connectivity index is 2.38. The minimum Gasteiger partial charge on any atom is -0.461 e. The summed E-state index contributed by atoms with van der Waals surface area (Å²) in [6.07, 6.45) is 0.290. The summed E-state index contributed by atoms with van der Waals surface area (Å²) in [5.74, 6) is -1.18. The summed E-state index contributed by atoms with van der Waals surface area (Å²) in [7, 11) is 0. The van der Waals surface area contributed by atoms with Crippen molar-refractivity contribution in [2.45, 2.75) is 60.5 Å². The first-order valence-electron chi connectivity index (χ1n) is 10.5. The number of ketones is 1. The van der Waals surface area contributed by atoms with Gasteiger partial charge in [0.1, 0.15) is 11.5 Å². The predicted molar refractivity (Wildman–Crippen MR) is 116 cm³/mol. The van der Waals surface area contributed by atoms with Crippen molar-refractivity contribution in [2.75, 3.05) is 6.61 Å². The molecule has 168 valence electrons. The molecule has 7 heteroatoms. The first-order chi connectivity index (χ1) is 14.6. The molecule has 1 N–H and O–H groups in total. The number of Topliss-reactive ketones (excluding diaryl/α,β-unsaturated/α-hetero) is 1. The van der Waals surface area contributed by atoms with Crippen LogP contribution >= 0.6 is 0 Å². The first kappa shape index (κ1) is 24.3. The fourth-order valence-electron chi connectivity index (χ4n) is 3.57. The van der Waals surface area contributed by atoms with E-state index in [2.05, 4.69) is 4.98 Å². The third-order valence-corrected chi connectivity index (χ3v) is 5.18. The number of aryl methyl sites for hydroxylation is 1. The number of nitrogens with zero attached hydrogens (tertiary/aromatic N) is 1. The zero-order valence-electron chi connectivity index (χ0n) is 19.0. The Morgan fingerprint density at radius 2 is 1.71 bits per heavy atom. The van der Waals surface area contributed by atoms with Crippen molar-refractivity contribution >= 4 is 17.7 Å². The molecule has 0 fully saturated rings. The van der Waals surface area contributed by atoms with Crippen LogP contribution in [0.4, 0.5) is 4.39 Å². The van der Waals surface area contributed by atoms with Gasteiger partial charge in [0.25, 0.3) is 0 Å². The number of hydrogen-bond donors (Lipinski definition) is 1. The molecule has 1 aromatic heterocycles. The van der Waals surface area contributed by atoms with E-state index in [-0.39, 0.29) is 48.7 Å². The number of H-pyrrole nitrogens is 1. The molecule has 1 heterocycles. The second-order valence-corrected chi connectivity index (χ2v) is 8.13. The molecule has 31 heavy (non-hydrogen) atoms. The quantitative estimate of drug-likeness (QED) is 0.466. The zero-order chi connectivity index (χ0) is 23.3. The Hall–Kier alpha value is -2.96. The molecule has 0 saturated carbocycles. The Morgan fingerprint density at radius 3 is 2.26 bits per heavy atom. The number of hydrogen-bond acceptors (Lipinski definition) is 4. The molecule has 0 spiro atoms. The Bertz CT molecular complexity index is 947. The van der Waals surface area contributed by atoms with Gasteiger partial charge in [0.15, 0.2) is 5.78 Å². The van der Waals surface area contributed by atoms with Gasteiger partial charge in [-0.2, -0.15) is 0 Å². The van der Waals surface area contributed by atoms with Gasteiger partial charge in [-0.3, -0.25) is 9.59 Å². The number of benzene rings is 1. The Morgan fingerprint density at radius 1 is 1.10 bits per heavy atom. The maximum atomic E-state index is 13.4. The summed E-state index contributed by atoms with van der Waals surface area (Å²) >= 11 is 0. The fraction of sp³-hybridized carbons (Fsp3) is 0.458. The molecule has 1 amide bonds. The fourth-order valence-corrected chi connectivity index (χ4v) is 3.57. The molecule has 0 saturated heterocycles. The SMILES string of the molecule is CCOC(=O)c1[nH]c(C)c(C(=O)[C@@H](C)N(Cc2ccc(F)cc2)C(=O)CC(C)C)c1C. The van der Waals surface area contributed by atoms with E-state index >= 15 is 0 Å². The number of aromatic nitrogens is 1. The van der Waals surface area contributed by atoms with Crippen molar-refractivity contribution in [1.82, 2.24) is 9.88 Å². The maximum absolute atomic E-state index is 13.4. The smallest absolute Gasteiger partial charge is 0.355 e. The molecule has 0 aliphatic heterocycles. The van der Waals surface area contributed by atoms with Gasteiger partial charge in [0.05, 0.1) is 12.6 Å². The van der Waals surface area contributed by atoms with E-state index in [9.17, 15) is 18.8 Å². The number of amides is 1. The van der Waals surface area contributed by atoms with E-state index in [1.807, 2.05) is 13.8 Å². The second-order valence-electron chi connectivity index (χ2n) is 8.13. The molecule has 0 bridgehead atoms. The number of nitrogens with one attached hydrogen (secondary N) is 1. The molecule has 0 aliphatic carbocycles. The average Bonchev–Trinajstić information content (AvgIpc) is 3.00. The van der Waals surface area contributed by atoms with E-state index in [0.717, 1.165) is 5.56 Å². The number of aromatic amines is 1. The van der Waals surface area contributed by atoms with Gasteiger partial charge in [-0.1, -0.05) is 26.0 Å². The van der Waals surface area contributed by atoms with Crippen molar-refractivity contribution in [3.8, 4) is 0 Å². The van der Waals surface area contributed by atoms with E-state index in [1.54, 1.807) is 39.8 Å². The number of ether oxygens (including phenoxy) is 1. The van der Waals surface area contributed by atoms with Gasteiger partial charge >= 0.3 is 5.97 Å². The lowest BCUT2D eigenvalue weighted by Gasteiger charge is -2.29. The van der Waals surface area contributed by atoms with E-state index in [1.165, 1.54) is 17.0 Å². The molecule has 1 aromatic carbocycles. The molecular weight excluding hydrogens is 399 g/mol. The highest BCUT2D eigenvalue weighted by molar-refractivity contribution is 6.06. The standard InChI is InChI=1S/C24H31FN2O4/c1-7-31-24(30)22-15(4)21(16(5)26-22)23(29)17(6)27(20(28)12-14(2)3)13-18-8-10-19(25)11-9-18/h8-11,14,17,26H,7,12-13H2,1-6H3/t17-/m1/s1. The van der Waals surface area contributed by atoms with Crippen LogP contribution in [0.2, 0.25) is 0 Å². The van der Waals surface area contributed by atoms with Crippen LogP contribution in [0.25, 0.3) is 0 Å². The van der Waals surface area contributed by atoms with Crippen LogP contribution < -0.4 is 0 Å². The summed E-state index contributed by atoms with van der Waals surface area (Å²) < 4.78 is 18.4. The highest BCUT2D eigenvalue weighted by Gasteiger charge is 2.31. The number of esters is 1. The minimum atomic E-state index is -0.764. The van der Waals surface area contributed by atoms with Crippen molar-refractivity contribution < 1.29 is 23.5 Å². The summed E-state index contributed by atoms with van der Waals surface area (Å²) in [5.41, 5.74) is 2.42. The zero-order valence-corrected chi connectivity index (χ0v) is 19.0. The molecule has 0 aliphatic rings. The normalized spacial score (nSPS) is 12.0. The molecular formula is C24H31FN2O4. The van der Waals surface area contributed by atoms with Crippen LogP contribution in [0.5, 0.6) is 0 Å². The maximum Gasteiger partial charge on any atom is 0.355 e. The highest BCUT2D eigenvalue weighted by Crippen LogP contribution is 2.23. The van der Waals surface area contributed by atoms with Crippen LogP contribution in [0.15, 0.2) is 24.3 Å². The van der Waals surface area contributed by atoms with Crippen molar-refractivity contribution in [2.24, 2.45) is 5.92 Å². The van der Waals surface area contributed by atoms with Crippen LogP contribution in [-0.2, 0) is 16.1 Å². The molecule has 1 atom stereocenters. The minimum absolute atomic E-state index is 0.122. The van der Waals surface area contributed by atoms with Gasteiger partial charge in [0.2, 0.25) is 5.91 Å². The Kier molecular flexibility index (Phi) is 8.14. The molecule has 0 radical (unpaired) electrons. The number of carbonyl (C=O) groups is 3. The van der Waals surface area contributed by atoms with Gasteiger partial charge in [0, 0.05) is 24.2 Å². The summed E-state index contributed by atoms with van der Waals surface area (Å²) in [5, 5.41) is 0. The van der Waals surface area contributed by atoms with Crippen LogP contribution in [-0.4, -0.2) is 40.2 Å². The number of carbonyl (C=O) groups excluding carboxylic acids is 3. The first-order valence-corrected chi connectivity index (χ1v) is 10.5. The molecule has 2 aromatic rings. The highest BCUT2D eigenvalue weighted by atomic mass is 19.1. The Labute approximate surface area is 182 Å². The summed E-state index contributed by atoms with van der Waals surface area (Å²) in [6, 6.07) is 5.11.